The fraction of sp³-hybridized carbons (Fsp3) is 0.115. The third-order valence-corrected chi connectivity index (χ3v) is 6.54. The molecular formula is C26H20FN3O3S. The van der Waals surface area contributed by atoms with Crippen molar-refractivity contribution < 1.29 is 18.4 Å². The number of amidine groups is 1. The van der Waals surface area contributed by atoms with E-state index in [0.29, 0.717) is 22.3 Å². The van der Waals surface area contributed by atoms with Crippen LogP contribution in [0.25, 0.3) is 10.8 Å². The van der Waals surface area contributed by atoms with Gasteiger partial charge in [-0.1, -0.05) is 42.1 Å². The van der Waals surface area contributed by atoms with E-state index in [2.05, 4.69) is 10.3 Å². The predicted molar refractivity (Wildman–Crippen MR) is 131 cm³/mol. The second-order valence-corrected chi connectivity index (χ2v) is 8.97. The van der Waals surface area contributed by atoms with Gasteiger partial charge in [-0.3, -0.25) is 14.5 Å². The van der Waals surface area contributed by atoms with Crippen molar-refractivity contribution in [1.82, 2.24) is 4.90 Å². The molecule has 5 rings (SSSR count). The number of amides is 2. The van der Waals surface area contributed by atoms with Crippen LogP contribution in [0.4, 0.5) is 15.8 Å². The number of carbonyl (C=O) groups is 2. The first-order chi connectivity index (χ1) is 16.5. The molecule has 6 nitrogen and oxygen atoms in total. The molecule has 0 unspecified atom stereocenters. The fourth-order valence-corrected chi connectivity index (χ4v) is 4.86. The Labute approximate surface area is 199 Å². The summed E-state index contributed by atoms with van der Waals surface area (Å²) in [6.45, 7) is 0.196. The van der Waals surface area contributed by atoms with E-state index in [0.717, 1.165) is 10.8 Å². The summed E-state index contributed by atoms with van der Waals surface area (Å²) in [7, 11) is 0. The summed E-state index contributed by atoms with van der Waals surface area (Å²) in [5.41, 5.74) is 1.19. The van der Waals surface area contributed by atoms with Crippen LogP contribution in [0.1, 0.15) is 12.2 Å². The van der Waals surface area contributed by atoms with Crippen molar-refractivity contribution in [3.05, 3.63) is 96.7 Å². The largest absolute Gasteiger partial charge is 0.467 e. The van der Waals surface area contributed by atoms with Gasteiger partial charge < -0.3 is 9.73 Å². The molecule has 0 spiro atoms. The summed E-state index contributed by atoms with van der Waals surface area (Å²) >= 11 is 1.22. The van der Waals surface area contributed by atoms with Gasteiger partial charge in [0.25, 0.3) is 0 Å². The smallest absolute Gasteiger partial charge is 0.243 e. The predicted octanol–water partition coefficient (Wildman–Crippen LogP) is 5.73. The molecule has 34 heavy (non-hydrogen) atoms. The second kappa shape index (κ2) is 9.52. The minimum Gasteiger partial charge on any atom is -0.467 e. The lowest BCUT2D eigenvalue weighted by atomic mass is 10.1. The first-order valence-corrected chi connectivity index (χ1v) is 11.6. The number of fused-ring (bicyclic) bond motifs is 1. The number of halogens is 1. The molecule has 1 N–H and O–H groups in total. The molecule has 1 atom stereocenters. The van der Waals surface area contributed by atoms with Crippen molar-refractivity contribution in [1.29, 1.82) is 0 Å². The lowest BCUT2D eigenvalue weighted by molar-refractivity contribution is -0.128. The second-order valence-electron chi connectivity index (χ2n) is 7.80. The minimum absolute atomic E-state index is 0.00653. The van der Waals surface area contributed by atoms with E-state index in [1.807, 2.05) is 42.5 Å². The number of rotatable bonds is 6. The van der Waals surface area contributed by atoms with E-state index >= 15 is 0 Å². The Balaban J connectivity index is 1.33. The molecule has 1 aliphatic heterocycles. The van der Waals surface area contributed by atoms with Gasteiger partial charge in [-0.15, -0.1) is 0 Å². The molecule has 1 fully saturated rings. The Bertz CT molecular complexity index is 1370. The lowest BCUT2D eigenvalue weighted by Gasteiger charge is -2.15. The summed E-state index contributed by atoms with van der Waals surface area (Å²) in [5, 5.41) is 4.80. The van der Waals surface area contributed by atoms with E-state index in [1.54, 1.807) is 12.1 Å². The van der Waals surface area contributed by atoms with Crippen molar-refractivity contribution in [2.75, 3.05) is 5.32 Å². The summed E-state index contributed by atoms with van der Waals surface area (Å²) in [5.74, 6) is -0.255. The molecule has 0 saturated carbocycles. The molecule has 0 radical (unpaired) electrons. The van der Waals surface area contributed by atoms with E-state index < -0.39 is 5.25 Å². The SMILES string of the molecule is O=C(C[C@H]1SC(=Nc2ccc(F)cc2)N(Cc2ccco2)C1=O)Nc1ccc2ccccc2c1. The van der Waals surface area contributed by atoms with Crippen molar-refractivity contribution in [3.8, 4) is 0 Å². The maximum atomic E-state index is 13.3. The average molecular weight is 474 g/mol. The van der Waals surface area contributed by atoms with E-state index in [1.165, 1.54) is 47.2 Å². The van der Waals surface area contributed by atoms with Gasteiger partial charge in [-0.25, -0.2) is 9.38 Å². The van der Waals surface area contributed by atoms with Crippen LogP contribution in [0, 0.1) is 5.82 Å². The Morgan fingerprint density at radius 1 is 1.03 bits per heavy atom. The van der Waals surface area contributed by atoms with Crippen molar-refractivity contribution >= 4 is 50.9 Å². The Hall–Kier alpha value is -3.91. The highest BCUT2D eigenvalue weighted by atomic mass is 32.2. The third kappa shape index (κ3) is 4.87. The maximum Gasteiger partial charge on any atom is 0.243 e. The van der Waals surface area contributed by atoms with Crippen molar-refractivity contribution in [3.63, 3.8) is 0 Å². The maximum absolute atomic E-state index is 13.3. The minimum atomic E-state index is -0.630. The summed E-state index contributed by atoms with van der Waals surface area (Å²) < 4.78 is 18.7. The fourth-order valence-electron chi connectivity index (χ4n) is 3.70. The van der Waals surface area contributed by atoms with E-state index in [4.69, 9.17) is 4.42 Å². The Kier molecular flexibility index (Phi) is 6.14. The van der Waals surface area contributed by atoms with Gasteiger partial charge in [0.05, 0.1) is 18.5 Å². The molecular weight excluding hydrogens is 453 g/mol. The zero-order chi connectivity index (χ0) is 23.5. The van der Waals surface area contributed by atoms with Gasteiger partial charge in [0.2, 0.25) is 11.8 Å². The number of carbonyl (C=O) groups excluding carboxylic acids is 2. The highest BCUT2D eigenvalue weighted by Gasteiger charge is 2.39. The summed E-state index contributed by atoms with van der Waals surface area (Å²) in [4.78, 5) is 32.0. The van der Waals surface area contributed by atoms with Crippen LogP contribution < -0.4 is 5.32 Å². The molecule has 0 bridgehead atoms. The zero-order valence-electron chi connectivity index (χ0n) is 18.0. The monoisotopic (exact) mass is 473 g/mol. The molecule has 2 amide bonds. The molecule has 1 aliphatic rings. The standard InChI is InChI=1S/C26H20FN3O3S/c27-19-8-11-20(12-9-19)29-26-30(16-22-6-3-13-33-22)25(32)23(34-26)15-24(31)28-21-10-7-17-4-1-2-5-18(17)14-21/h1-14,23H,15-16H2,(H,28,31)/t23-/m1/s1. The van der Waals surface area contributed by atoms with Crippen molar-refractivity contribution in [2.24, 2.45) is 4.99 Å². The van der Waals surface area contributed by atoms with Crippen LogP contribution in [0.5, 0.6) is 0 Å². The van der Waals surface area contributed by atoms with Gasteiger partial charge in [-0.05, 0) is 59.3 Å². The zero-order valence-corrected chi connectivity index (χ0v) is 18.8. The lowest BCUT2D eigenvalue weighted by Crippen LogP contribution is -2.33. The Morgan fingerprint density at radius 2 is 1.82 bits per heavy atom. The number of thioether (sulfide) groups is 1. The number of nitrogens with one attached hydrogen (secondary N) is 1. The van der Waals surface area contributed by atoms with Gasteiger partial charge in [0, 0.05) is 12.1 Å². The van der Waals surface area contributed by atoms with Gasteiger partial charge in [0.15, 0.2) is 5.17 Å². The number of hydrogen-bond donors (Lipinski definition) is 1. The number of aliphatic imine (C=N–C) groups is 1. The van der Waals surface area contributed by atoms with Gasteiger partial charge in [-0.2, -0.15) is 0 Å². The number of anilines is 1. The molecule has 1 aromatic heterocycles. The van der Waals surface area contributed by atoms with Gasteiger partial charge >= 0.3 is 0 Å². The molecule has 3 aromatic carbocycles. The third-order valence-electron chi connectivity index (χ3n) is 5.37. The first-order valence-electron chi connectivity index (χ1n) is 10.7. The number of nitrogens with zero attached hydrogens (tertiary/aromatic N) is 2. The highest BCUT2D eigenvalue weighted by Crippen LogP contribution is 2.33. The van der Waals surface area contributed by atoms with Gasteiger partial charge in [0.1, 0.15) is 16.8 Å². The van der Waals surface area contributed by atoms with Crippen LogP contribution in [-0.4, -0.2) is 27.1 Å². The molecule has 170 valence electrons. The summed E-state index contributed by atoms with van der Waals surface area (Å²) in [6, 6.07) is 22.8. The van der Waals surface area contributed by atoms with Crippen LogP contribution in [0.2, 0.25) is 0 Å². The van der Waals surface area contributed by atoms with E-state index in [-0.39, 0.29) is 30.6 Å². The quantitative estimate of drug-likeness (QED) is 0.388. The highest BCUT2D eigenvalue weighted by molar-refractivity contribution is 8.15. The number of furan rings is 1. The van der Waals surface area contributed by atoms with Crippen LogP contribution >= 0.6 is 11.8 Å². The van der Waals surface area contributed by atoms with Crippen LogP contribution in [0.3, 0.4) is 0 Å². The number of benzene rings is 3. The van der Waals surface area contributed by atoms with Crippen molar-refractivity contribution in [2.45, 2.75) is 18.2 Å². The molecule has 4 aromatic rings. The normalized spacial score (nSPS) is 17.0. The number of hydrogen-bond acceptors (Lipinski definition) is 5. The topological polar surface area (TPSA) is 74.9 Å². The van der Waals surface area contributed by atoms with Crippen LogP contribution in [-0.2, 0) is 16.1 Å². The van der Waals surface area contributed by atoms with Crippen LogP contribution in [0.15, 0.2) is 94.5 Å². The molecule has 2 heterocycles. The molecule has 0 aliphatic carbocycles. The average Bonchev–Trinajstić information content (AvgIpc) is 3.45. The van der Waals surface area contributed by atoms with E-state index in [9.17, 15) is 14.0 Å². The first kappa shape index (κ1) is 21.9. The molecule has 8 heteroatoms. The summed E-state index contributed by atoms with van der Waals surface area (Å²) in [6.07, 6.45) is 1.53. The Morgan fingerprint density at radius 3 is 2.59 bits per heavy atom. The molecule has 1 saturated heterocycles.